The number of halogens is 1. The molecule has 0 aliphatic carbocycles. The van der Waals surface area contributed by atoms with Crippen molar-refractivity contribution in [3.05, 3.63) is 38.7 Å². The van der Waals surface area contributed by atoms with E-state index in [-0.39, 0.29) is 39.4 Å². The molecule has 1 aliphatic rings. The van der Waals surface area contributed by atoms with Gasteiger partial charge in [-0.2, -0.15) is 0 Å². The second-order valence-electron chi connectivity index (χ2n) is 6.38. The van der Waals surface area contributed by atoms with Gasteiger partial charge in [-0.05, 0) is 31.5 Å². The summed E-state index contributed by atoms with van der Waals surface area (Å²) >= 11 is 6.96. The Labute approximate surface area is 191 Å². The first kappa shape index (κ1) is 23.4. The average molecular weight is 483 g/mol. The Kier molecular flexibility index (Phi) is 7.21. The number of thiophene rings is 1. The van der Waals surface area contributed by atoms with Crippen LogP contribution in [0.2, 0.25) is 5.02 Å². The van der Waals surface area contributed by atoms with Crippen molar-refractivity contribution in [1.29, 1.82) is 0 Å². The third kappa shape index (κ3) is 4.78. The molecule has 10 nitrogen and oxygen atoms in total. The van der Waals surface area contributed by atoms with Crippen LogP contribution in [0.4, 0.5) is 5.00 Å². The van der Waals surface area contributed by atoms with Gasteiger partial charge >= 0.3 is 11.9 Å². The zero-order valence-electron chi connectivity index (χ0n) is 17.3. The Hall–Kier alpha value is -3.31. The summed E-state index contributed by atoms with van der Waals surface area (Å²) in [7, 11) is 1.45. The number of rotatable bonds is 7. The van der Waals surface area contributed by atoms with Crippen molar-refractivity contribution < 1.29 is 38.1 Å². The first-order valence-electron chi connectivity index (χ1n) is 9.35. The van der Waals surface area contributed by atoms with Crippen molar-refractivity contribution in [2.75, 3.05) is 32.4 Å². The normalized spacial score (nSPS) is 11.6. The van der Waals surface area contributed by atoms with Crippen LogP contribution in [0.5, 0.6) is 11.5 Å². The van der Waals surface area contributed by atoms with Gasteiger partial charge in [0.25, 0.3) is 11.8 Å². The molecule has 2 heterocycles. The average Bonchev–Trinajstić information content (AvgIpc) is 3.36. The van der Waals surface area contributed by atoms with E-state index in [0.717, 1.165) is 11.3 Å². The van der Waals surface area contributed by atoms with Gasteiger partial charge in [0, 0.05) is 7.05 Å². The summed E-state index contributed by atoms with van der Waals surface area (Å²) in [5.74, 6) is -1.99. The molecule has 0 atom stereocenters. The fourth-order valence-electron chi connectivity index (χ4n) is 2.84. The molecule has 0 saturated carbocycles. The lowest BCUT2D eigenvalue weighted by molar-refractivity contribution is -0.119. The molecule has 12 heteroatoms. The van der Waals surface area contributed by atoms with Crippen molar-refractivity contribution >= 4 is 51.7 Å². The number of hydrogen-bond acceptors (Lipinski definition) is 9. The van der Waals surface area contributed by atoms with Gasteiger partial charge in [0.1, 0.15) is 5.00 Å². The lowest BCUT2D eigenvalue weighted by Crippen LogP contribution is -2.21. The van der Waals surface area contributed by atoms with Gasteiger partial charge in [0.05, 0.1) is 27.6 Å². The zero-order valence-corrected chi connectivity index (χ0v) is 18.9. The molecular formula is C20H19ClN2O8S. The van der Waals surface area contributed by atoms with Crippen LogP contribution in [0, 0.1) is 6.92 Å². The number of ether oxygens (including phenoxy) is 4. The van der Waals surface area contributed by atoms with Crippen LogP contribution in [0.25, 0.3) is 0 Å². The molecule has 1 aromatic carbocycles. The summed E-state index contributed by atoms with van der Waals surface area (Å²) in [4.78, 5) is 49.4. The molecule has 0 radical (unpaired) electrons. The molecular weight excluding hydrogens is 464 g/mol. The van der Waals surface area contributed by atoms with Crippen LogP contribution in [0.3, 0.4) is 0 Å². The number of fused-ring (bicyclic) bond motifs is 1. The highest BCUT2D eigenvalue weighted by atomic mass is 35.5. The third-order valence-electron chi connectivity index (χ3n) is 4.31. The number of benzene rings is 1. The van der Waals surface area contributed by atoms with E-state index in [0.29, 0.717) is 17.1 Å². The molecule has 0 fully saturated rings. The Bertz CT molecular complexity index is 1100. The van der Waals surface area contributed by atoms with Crippen molar-refractivity contribution in [2.45, 2.75) is 13.8 Å². The summed E-state index contributed by atoms with van der Waals surface area (Å²) in [6.07, 6.45) is 0. The fourth-order valence-corrected chi connectivity index (χ4v) is 4.27. The minimum absolute atomic E-state index is 0.0168. The van der Waals surface area contributed by atoms with E-state index >= 15 is 0 Å². The highest BCUT2D eigenvalue weighted by Gasteiger charge is 2.27. The molecule has 2 amide bonds. The number of amides is 2. The second-order valence-corrected chi connectivity index (χ2v) is 7.80. The van der Waals surface area contributed by atoms with Gasteiger partial charge in [-0.1, -0.05) is 11.6 Å². The smallest absolute Gasteiger partial charge is 0.341 e. The number of carbonyl (C=O) groups is 4. The lowest BCUT2D eigenvalue weighted by Gasteiger charge is -2.08. The Balaban J connectivity index is 1.72. The molecule has 0 spiro atoms. The van der Waals surface area contributed by atoms with E-state index in [1.54, 1.807) is 13.8 Å². The van der Waals surface area contributed by atoms with Crippen LogP contribution in [0.15, 0.2) is 12.1 Å². The summed E-state index contributed by atoms with van der Waals surface area (Å²) < 4.78 is 20.4. The van der Waals surface area contributed by atoms with Crippen molar-refractivity contribution in [3.63, 3.8) is 0 Å². The first-order valence-corrected chi connectivity index (χ1v) is 10.5. The number of carbonyl (C=O) groups excluding carboxylic acids is 4. The van der Waals surface area contributed by atoms with E-state index in [2.05, 4.69) is 10.6 Å². The Morgan fingerprint density at radius 2 is 1.91 bits per heavy atom. The maximum absolute atomic E-state index is 12.4. The minimum Gasteiger partial charge on any atom is -0.462 e. The largest absolute Gasteiger partial charge is 0.462 e. The van der Waals surface area contributed by atoms with Gasteiger partial charge in [0.2, 0.25) is 6.79 Å². The summed E-state index contributed by atoms with van der Waals surface area (Å²) in [5.41, 5.74) is 0.515. The molecule has 2 N–H and O–H groups in total. The molecule has 1 aliphatic heterocycles. The maximum atomic E-state index is 12.4. The molecule has 170 valence electrons. The number of esters is 2. The fraction of sp³-hybridized carbons (Fsp3) is 0.300. The predicted molar refractivity (Wildman–Crippen MR) is 115 cm³/mol. The molecule has 0 bridgehead atoms. The highest BCUT2D eigenvalue weighted by molar-refractivity contribution is 7.18. The lowest BCUT2D eigenvalue weighted by atomic mass is 10.1. The maximum Gasteiger partial charge on any atom is 0.341 e. The summed E-state index contributed by atoms with van der Waals surface area (Å²) in [6.45, 7) is 2.68. The van der Waals surface area contributed by atoms with Crippen LogP contribution >= 0.6 is 22.9 Å². The monoisotopic (exact) mass is 482 g/mol. The SMILES string of the molecule is CCOC(=O)c1c(NC(=O)COC(=O)c2cc(Cl)c3c(c2)OCO3)sc(C(=O)NC)c1C. The van der Waals surface area contributed by atoms with Gasteiger partial charge in [-0.15, -0.1) is 11.3 Å². The quantitative estimate of drug-likeness (QED) is 0.576. The standard InChI is InChI=1S/C20H19ClN2O8S/c1-4-28-20(27)14-9(2)16(17(25)22-3)32-18(14)23-13(24)7-29-19(26)10-5-11(21)15-12(6-10)30-8-31-15/h5-6H,4,7-8H2,1-3H3,(H,22,25)(H,23,24). The van der Waals surface area contributed by atoms with Gasteiger partial charge in [-0.3, -0.25) is 9.59 Å². The number of nitrogens with one attached hydrogen (secondary N) is 2. The van der Waals surface area contributed by atoms with E-state index in [4.69, 9.17) is 30.5 Å². The predicted octanol–water partition coefficient (Wildman–Crippen LogP) is 2.77. The summed E-state index contributed by atoms with van der Waals surface area (Å²) in [5, 5.41) is 5.27. The van der Waals surface area contributed by atoms with Crippen LogP contribution in [-0.2, 0) is 14.3 Å². The molecule has 0 unspecified atom stereocenters. The van der Waals surface area contributed by atoms with Gasteiger partial charge < -0.3 is 29.6 Å². The van der Waals surface area contributed by atoms with Crippen molar-refractivity contribution in [1.82, 2.24) is 5.32 Å². The molecule has 2 aromatic rings. The topological polar surface area (TPSA) is 129 Å². The van der Waals surface area contributed by atoms with Crippen LogP contribution in [-0.4, -0.2) is 50.8 Å². The highest BCUT2D eigenvalue weighted by Crippen LogP contribution is 2.40. The van der Waals surface area contributed by atoms with E-state index < -0.39 is 30.4 Å². The van der Waals surface area contributed by atoms with Crippen molar-refractivity contribution in [2.24, 2.45) is 0 Å². The third-order valence-corrected chi connectivity index (χ3v) is 5.80. The van der Waals surface area contributed by atoms with Crippen LogP contribution < -0.4 is 20.1 Å². The first-order chi connectivity index (χ1) is 15.3. The molecule has 3 rings (SSSR count). The Morgan fingerprint density at radius 1 is 1.16 bits per heavy atom. The van der Waals surface area contributed by atoms with E-state index in [1.165, 1.54) is 19.2 Å². The molecule has 32 heavy (non-hydrogen) atoms. The van der Waals surface area contributed by atoms with E-state index in [9.17, 15) is 19.2 Å². The molecule has 1 aromatic heterocycles. The number of anilines is 1. The van der Waals surface area contributed by atoms with Crippen molar-refractivity contribution in [3.8, 4) is 11.5 Å². The van der Waals surface area contributed by atoms with Gasteiger partial charge in [-0.25, -0.2) is 9.59 Å². The zero-order chi connectivity index (χ0) is 23.4. The van der Waals surface area contributed by atoms with E-state index in [1.807, 2.05) is 0 Å². The van der Waals surface area contributed by atoms with Gasteiger partial charge in [0.15, 0.2) is 18.1 Å². The second kappa shape index (κ2) is 9.88. The minimum atomic E-state index is -0.806. The summed E-state index contributed by atoms with van der Waals surface area (Å²) in [6, 6.07) is 2.73. The number of hydrogen-bond donors (Lipinski definition) is 2. The molecule has 0 saturated heterocycles. The Morgan fingerprint density at radius 3 is 2.59 bits per heavy atom. The van der Waals surface area contributed by atoms with Crippen LogP contribution in [0.1, 0.15) is 42.9 Å².